The van der Waals surface area contributed by atoms with Gasteiger partial charge < -0.3 is 14.4 Å². The van der Waals surface area contributed by atoms with Gasteiger partial charge in [0, 0.05) is 17.8 Å². The number of nitrogens with zero attached hydrogens (tertiary/aromatic N) is 3. The van der Waals surface area contributed by atoms with Crippen LogP contribution in [0.4, 0.5) is 5.69 Å². The van der Waals surface area contributed by atoms with Crippen molar-refractivity contribution in [2.45, 2.75) is 27.3 Å². The molecule has 0 radical (unpaired) electrons. The van der Waals surface area contributed by atoms with Crippen LogP contribution in [0.15, 0.2) is 33.3 Å². The highest BCUT2D eigenvalue weighted by Crippen LogP contribution is 2.27. The van der Waals surface area contributed by atoms with Crippen molar-refractivity contribution in [3.63, 3.8) is 0 Å². The number of aromatic nitrogens is 3. The molecule has 3 aromatic rings. The Balaban J connectivity index is 1.86. The first-order chi connectivity index (χ1) is 10.1. The lowest BCUT2D eigenvalue weighted by Crippen LogP contribution is -2.02. The molecule has 108 valence electrons. The molecule has 2 heterocycles. The van der Waals surface area contributed by atoms with Crippen molar-refractivity contribution in [2.24, 2.45) is 0 Å². The Morgan fingerprint density at radius 2 is 1.86 bits per heavy atom. The Labute approximate surface area is 122 Å². The van der Waals surface area contributed by atoms with Gasteiger partial charge in [-0.2, -0.15) is 4.98 Å². The first-order valence-corrected chi connectivity index (χ1v) is 6.70. The molecule has 0 amide bonds. The maximum atomic E-state index is 5.24. The third kappa shape index (κ3) is 2.65. The van der Waals surface area contributed by atoms with E-state index in [0.717, 1.165) is 28.3 Å². The molecule has 1 aromatic carbocycles. The van der Waals surface area contributed by atoms with Gasteiger partial charge in [-0.05, 0) is 32.9 Å². The number of nitrogens with one attached hydrogen (secondary N) is 1. The average molecular weight is 284 g/mol. The lowest BCUT2D eigenvalue weighted by molar-refractivity contribution is 0.392. The summed E-state index contributed by atoms with van der Waals surface area (Å²) in [5.74, 6) is 1.95. The third-order valence-corrected chi connectivity index (χ3v) is 3.32. The first kappa shape index (κ1) is 13.4. The number of aryl methyl sites for hydroxylation is 3. The molecule has 0 spiro atoms. The van der Waals surface area contributed by atoms with Gasteiger partial charge in [0.1, 0.15) is 5.76 Å². The Hall–Kier alpha value is -2.63. The van der Waals surface area contributed by atoms with Crippen LogP contribution in [-0.4, -0.2) is 15.3 Å². The zero-order valence-corrected chi connectivity index (χ0v) is 12.2. The Kier molecular flexibility index (Phi) is 3.43. The van der Waals surface area contributed by atoms with Crippen LogP contribution in [0.2, 0.25) is 0 Å². The van der Waals surface area contributed by atoms with Crippen molar-refractivity contribution in [2.75, 3.05) is 5.32 Å². The molecule has 0 bridgehead atoms. The van der Waals surface area contributed by atoms with E-state index in [4.69, 9.17) is 9.05 Å². The lowest BCUT2D eigenvalue weighted by Gasteiger charge is -2.09. The van der Waals surface area contributed by atoms with Crippen LogP contribution in [-0.2, 0) is 6.54 Å². The fourth-order valence-electron chi connectivity index (χ4n) is 2.17. The second-order valence-corrected chi connectivity index (χ2v) is 4.85. The molecule has 3 rings (SSSR count). The molecule has 0 atom stereocenters. The fourth-order valence-corrected chi connectivity index (χ4v) is 2.17. The molecule has 0 aliphatic rings. The van der Waals surface area contributed by atoms with E-state index in [9.17, 15) is 0 Å². The number of rotatable bonds is 4. The number of benzene rings is 1. The van der Waals surface area contributed by atoms with E-state index in [1.807, 2.05) is 38.1 Å². The number of anilines is 1. The summed E-state index contributed by atoms with van der Waals surface area (Å²) in [6, 6.07) is 7.83. The van der Waals surface area contributed by atoms with Gasteiger partial charge in [-0.1, -0.05) is 22.4 Å². The van der Waals surface area contributed by atoms with Gasteiger partial charge in [-0.3, -0.25) is 0 Å². The molecule has 0 aliphatic heterocycles. The van der Waals surface area contributed by atoms with Crippen molar-refractivity contribution in [3.8, 4) is 11.5 Å². The molecule has 0 fully saturated rings. The quantitative estimate of drug-likeness (QED) is 0.792. The summed E-state index contributed by atoms with van der Waals surface area (Å²) < 4.78 is 10.4. The summed E-state index contributed by atoms with van der Waals surface area (Å²) in [4.78, 5) is 4.27. The highest BCUT2D eigenvalue weighted by Gasteiger charge is 2.13. The Morgan fingerprint density at radius 1 is 1.05 bits per heavy atom. The zero-order valence-electron chi connectivity index (χ0n) is 12.2. The monoisotopic (exact) mass is 284 g/mol. The van der Waals surface area contributed by atoms with E-state index in [1.54, 1.807) is 6.92 Å². The highest BCUT2D eigenvalue weighted by molar-refractivity contribution is 5.72. The summed E-state index contributed by atoms with van der Waals surface area (Å²) in [5.41, 5.74) is 3.77. The highest BCUT2D eigenvalue weighted by atomic mass is 16.5. The molecule has 0 saturated heterocycles. The Bertz CT molecular complexity index is 741. The average Bonchev–Trinajstić information content (AvgIpc) is 3.04. The molecule has 6 nitrogen and oxygen atoms in total. The van der Waals surface area contributed by atoms with Gasteiger partial charge in [0.05, 0.1) is 11.3 Å². The standard InChI is InChI=1S/C15H16N4O2/c1-9-13(10(2)20-18-9)8-16-14-7-5-4-6-12(14)15-17-11(3)19-21-15/h4-7,16H,8H2,1-3H3. The zero-order chi connectivity index (χ0) is 14.8. The summed E-state index contributed by atoms with van der Waals surface area (Å²) in [5, 5.41) is 11.2. The molecule has 2 aromatic heterocycles. The van der Waals surface area contributed by atoms with Crippen molar-refractivity contribution in [1.82, 2.24) is 15.3 Å². The van der Waals surface area contributed by atoms with Crippen LogP contribution in [0.1, 0.15) is 22.8 Å². The van der Waals surface area contributed by atoms with Crippen LogP contribution in [0.25, 0.3) is 11.5 Å². The SMILES string of the molecule is Cc1noc(-c2ccccc2NCc2c(C)noc2C)n1. The van der Waals surface area contributed by atoms with Crippen LogP contribution in [0.5, 0.6) is 0 Å². The van der Waals surface area contributed by atoms with Crippen molar-refractivity contribution in [1.29, 1.82) is 0 Å². The minimum Gasteiger partial charge on any atom is -0.380 e. The maximum absolute atomic E-state index is 5.24. The predicted octanol–water partition coefficient (Wildman–Crippen LogP) is 3.26. The smallest absolute Gasteiger partial charge is 0.260 e. The largest absolute Gasteiger partial charge is 0.380 e. The maximum Gasteiger partial charge on any atom is 0.260 e. The van der Waals surface area contributed by atoms with Crippen LogP contribution in [0, 0.1) is 20.8 Å². The summed E-state index contributed by atoms with van der Waals surface area (Å²) in [6.45, 7) is 6.27. The molecular weight excluding hydrogens is 268 g/mol. The van der Waals surface area contributed by atoms with Gasteiger partial charge in [0.25, 0.3) is 5.89 Å². The second kappa shape index (κ2) is 5.40. The summed E-state index contributed by atoms with van der Waals surface area (Å²) in [6.07, 6.45) is 0. The number of para-hydroxylation sites is 1. The van der Waals surface area contributed by atoms with Crippen LogP contribution < -0.4 is 5.32 Å². The van der Waals surface area contributed by atoms with E-state index in [1.165, 1.54) is 0 Å². The molecule has 0 aliphatic carbocycles. The molecule has 21 heavy (non-hydrogen) atoms. The Morgan fingerprint density at radius 3 is 2.52 bits per heavy atom. The van der Waals surface area contributed by atoms with Gasteiger partial charge >= 0.3 is 0 Å². The number of hydrogen-bond acceptors (Lipinski definition) is 6. The van der Waals surface area contributed by atoms with Crippen molar-refractivity contribution < 1.29 is 9.05 Å². The van der Waals surface area contributed by atoms with E-state index in [0.29, 0.717) is 18.3 Å². The third-order valence-electron chi connectivity index (χ3n) is 3.32. The first-order valence-electron chi connectivity index (χ1n) is 6.70. The van der Waals surface area contributed by atoms with Gasteiger partial charge in [0.15, 0.2) is 5.82 Å². The summed E-state index contributed by atoms with van der Waals surface area (Å²) in [7, 11) is 0. The lowest BCUT2D eigenvalue weighted by atomic mass is 10.1. The van der Waals surface area contributed by atoms with E-state index in [-0.39, 0.29) is 0 Å². The number of hydrogen-bond donors (Lipinski definition) is 1. The van der Waals surface area contributed by atoms with Crippen LogP contribution >= 0.6 is 0 Å². The minimum atomic E-state index is 0.509. The molecule has 0 unspecified atom stereocenters. The molecular formula is C15H16N4O2. The van der Waals surface area contributed by atoms with Crippen LogP contribution in [0.3, 0.4) is 0 Å². The molecule has 6 heteroatoms. The fraction of sp³-hybridized carbons (Fsp3) is 0.267. The van der Waals surface area contributed by atoms with Gasteiger partial charge in [0.2, 0.25) is 0 Å². The topological polar surface area (TPSA) is 77.0 Å². The predicted molar refractivity (Wildman–Crippen MR) is 77.8 cm³/mol. The summed E-state index contributed by atoms with van der Waals surface area (Å²) >= 11 is 0. The van der Waals surface area contributed by atoms with Gasteiger partial charge in [-0.15, -0.1) is 0 Å². The van der Waals surface area contributed by atoms with E-state index >= 15 is 0 Å². The normalized spacial score (nSPS) is 10.8. The van der Waals surface area contributed by atoms with Crippen molar-refractivity contribution >= 4 is 5.69 Å². The molecule has 0 saturated carbocycles. The van der Waals surface area contributed by atoms with E-state index < -0.39 is 0 Å². The second-order valence-electron chi connectivity index (χ2n) is 4.85. The minimum absolute atomic E-state index is 0.509. The molecule has 1 N–H and O–H groups in total. The van der Waals surface area contributed by atoms with E-state index in [2.05, 4.69) is 20.6 Å². The van der Waals surface area contributed by atoms with Gasteiger partial charge in [-0.25, -0.2) is 0 Å². The van der Waals surface area contributed by atoms with Crippen molar-refractivity contribution in [3.05, 3.63) is 47.1 Å².